The standard InChI is InChI=1S/C19H22N6O2/c26-19(21-8-9-25-17-6-2-1-5-16(17)22-23-25)18(15-4-3-7-20-14-15)24-10-12-27-13-11-24/h1-7,14,18H,8-13H2,(H,21,26)/t18-/m0/s1. The van der Waals surface area contributed by atoms with E-state index < -0.39 is 0 Å². The number of para-hydroxylation sites is 1. The first-order chi connectivity index (χ1) is 13.3. The number of hydrogen-bond acceptors (Lipinski definition) is 6. The van der Waals surface area contributed by atoms with Gasteiger partial charge in [0, 0.05) is 32.0 Å². The summed E-state index contributed by atoms with van der Waals surface area (Å²) >= 11 is 0. The zero-order valence-electron chi connectivity index (χ0n) is 15.0. The van der Waals surface area contributed by atoms with Crippen molar-refractivity contribution in [1.29, 1.82) is 0 Å². The Morgan fingerprint density at radius 2 is 2.04 bits per heavy atom. The summed E-state index contributed by atoms with van der Waals surface area (Å²) in [5.74, 6) is -0.0330. The Morgan fingerprint density at radius 3 is 2.85 bits per heavy atom. The number of morpholine rings is 1. The lowest BCUT2D eigenvalue weighted by atomic mass is 10.1. The van der Waals surface area contributed by atoms with Gasteiger partial charge in [-0.1, -0.05) is 23.4 Å². The maximum Gasteiger partial charge on any atom is 0.242 e. The molecule has 0 radical (unpaired) electrons. The number of carbonyl (C=O) groups is 1. The summed E-state index contributed by atoms with van der Waals surface area (Å²) in [6.07, 6.45) is 3.47. The van der Waals surface area contributed by atoms with Gasteiger partial charge in [-0.05, 0) is 23.8 Å². The number of ether oxygens (including phenoxy) is 1. The molecule has 1 N–H and O–H groups in total. The van der Waals surface area contributed by atoms with Crippen LogP contribution < -0.4 is 5.32 Å². The van der Waals surface area contributed by atoms with Crippen molar-refractivity contribution in [1.82, 2.24) is 30.2 Å². The van der Waals surface area contributed by atoms with Gasteiger partial charge >= 0.3 is 0 Å². The van der Waals surface area contributed by atoms with E-state index in [2.05, 4.69) is 25.5 Å². The zero-order valence-corrected chi connectivity index (χ0v) is 15.0. The van der Waals surface area contributed by atoms with Crippen molar-refractivity contribution in [3.8, 4) is 0 Å². The Labute approximate surface area is 157 Å². The number of hydrogen-bond donors (Lipinski definition) is 1. The molecule has 4 rings (SSSR count). The molecule has 1 aliphatic rings. The van der Waals surface area contributed by atoms with Crippen LogP contribution in [0.3, 0.4) is 0 Å². The summed E-state index contributed by atoms with van der Waals surface area (Å²) in [4.78, 5) is 19.3. The topological polar surface area (TPSA) is 85.2 Å². The molecular formula is C19H22N6O2. The molecule has 2 aromatic heterocycles. The van der Waals surface area contributed by atoms with Crippen molar-refractivity contribution >= 4 is 16.9 Å². The second kappa shape index (κ2) is 8.24. The van der Waals surface area contributed by atoms with Crippen molar-refractivity contribution < 1.29 is 9.53 Å². The van der Waals surface area contributed by atoms with E-state index in [1.165, 1.54) is 0 Å². The van der Waals surface area contributed by atoms with Crippen LogP contribution in [-0.4, -0.2) is 63.6 Å². The molecule has 0 unspecified atom stereocenters. The summed E-state index contributed by atoms with van der Waals surface area (Å²) in [5.41, 5.74) is 2.71. The number of pyridine rings is 1. The number of amides is 1. The molecule has 1 saturated heterocycles. The highest BCUT2D eigenvalue weighted by Crippen LogP contribution is 2.21. The van der Waals surface area contributed by atoms with E-state index in [1.807, 2.05) is 41.1 Å². The summed E-state index contributed by atoms with van der Waals surface area (Å²) in [5, 5.41) is 11.3. The van der Waals surface area contributed by atoms with Gasteiger partial charge in [0.1, 0.15) is 11.6 Å². The molecule has 27 heavy (non-hydrogen) atoms. The van der Waals surface area contributed by atoms with Gasteiger partial charge in [-0.3, -0.25) is 14.7 Å². The fraction of sp³-hybridized carbons (Fsp3) is 0.368. The second-order valence-electron chi connectivity index (χ2n) is 6.43. The number of benzene rings is 1. The molecule has 0 bridgehead atoms. The van der Waals surface area contributed by atoms with Crippen LogP contribution in [0.25, 0.3) is 11.0 Å². The summed E-state index contributed by atoms with van der Waals surface area (Å²) < 4.78 is 7.24. The predicted octanol–water partition coefficient (Wildman–Crippen LogP) is 1.02. The summed E-state index contributed by atoms with van der Waals surface area (Å²) in [6.45, 7) is 3.76. The largest absolute Gasteiger partial charge is 0.379 e. The van der Waals surface area contributed by atoms with Gasteiger partial charge in [-0.15, -0.1) is 5.10 Å². The lowest BCUT2D eigenvalue weighted by Gasteiger charge is -2.33. The Bertz CT molecular complexity index is 891. The van der Waals surface area contributed by atoms with Crippen molar-refractivity contribution in [2.45, 2.75) is 12.6 Å². The van der Waals surface area contributed by atoms with Crippen LogP contribution in [0.15, 0.2) is 48.8 Å². The van der Waals surface area contributed by atoms with Crippen LogP contribution in [0, 0.1) is 0 Å². The van der Waals surface area contributed by atoms with Crippen LogP contribution in [-0.2, 0) is 16.1 Å². The molecule has 1 atom stereocenters. The van der Waals surface area contributed by atoms with E-state index in [1.54, 1.807) is 12.4 Å². The van der Waals surface area contributed by atoms with Crippen LogP contribution in [0.4, 0.5) is 0 Å². The van der Waals surface area contributed by atoms with Gasteiger partial charge in [-0.25, -0.2) is 4.68 Å². The van der Waals surface area contributed by atoms with Gasteiger partial charge in [0.15, 0.2) is 0 Å². The molecule has 0 aliphatic carbocycles. The molecule has 3 heterocycles. The highest BCUT2D eigenvalue weighted by Gasteiger charge is 2.29. The highest BCUT2D eigenvalue weighted by molar-refractivity contribution is 5.83. The average Bonchev–Trinajstić information content (AvgIpc) is 3.13. The zero-order chi connectivity index (χ0) is 18.5. The van der Waals surface area contributed by atoms with E-state index in [0.717, 1.165) is 29.7 Å². The third kappa shape index (κ3) is 3.96. The van der Waals surface area contributed by atoms with Crippen LogP contribution in [0.2, 0.25) is 0 Å². The molecule has 1 aliphatic heterocycles. The molecule has 1 amide bonds. The van der Waals surface area contributed by atoms with Crippen molar-refractivity contribution in [3.63, 3.8) is 0 Å². The van der Waals surface area contributed by atoms with Gasteiger partial charge in [0.2, 0.25) is 5.91 Å². The quantitative estimate of drug-likeness (QED) is 0.701. The minimum absolute atomic E-state index is 0.0330. The van der Waals surface area contributed by atoms with Crippen molar-refractivity contribution in [2.75, 3.05) is 32.8 Å². The molecule has 0 spiro atoms. The molecule has 3 aromatic rings. The number of nitrogens with zero attached hydrogens (tertiary/aromatic N) is 5. The molecule has 0 saturated carbocycles. The minimum Gasteiger partial charge on any atom is -0.379 e. The summed E-state index contributed by atoms with van der Waals surface area (Å²) in [6, 6.07) is 11.2. The van der Waals surface area contributed by atoms with Crippen molar-refractivity contribution in [3.05, 3.63) is 54.4 Å². The Hall–Kier alpha value is -2.84. The summed E-state index contributed by atoms with van der Waals surface area (Å²) in [7, 11) is 0. The predicted molar refractivity (Wildman–Crippen MR) is 99.9 cm³/mol. The molecule has 1 aromatic carbocycles. The SMILES string of the molecule is O=C(NCCn1nnc2ccccc21)[C@H](c1cccnc1)N1CCOCC1. The second-order valence-corrected chi connectivity index (χ2v) is 6.43. The number of rotatable bonds is 6. The molecule has 1 fully saturated rings. The normalized spacial score (nSPS) is 16.3. The maximum absolute atomic E-state index is 13.0. The van der Waals surface area contributed by atoms with E-state index in [9.17, 15) is 4.79 Å². The monoisotopic (exact) mass is 366 g/mol. The third-order valence-electron chi connectivity index (χ3n) is 4.70. The minimum atomic E-state index is -0.366. The van der Waals surface area contributed by atoms with Gasteiger partial charge in [0.25, 0.3) is 0 Å². The smallest absolute Gasteiger partial charge is 0.242 e. The average molecular weight is 366 g/mol. The van der Waals surface area contributed by atoms with Crippen LogP contribution in [0.5, 0.6) is 0 Å². The Morgan fingerprint density at radius 1 is 1.19 bits per heavy atom. The number of fused-ring (bicyclic) bond motifs is 1. The van der Waals surface area contributed by atoms with E-state index >= 15 is 0 Å². The fourth-order valence-electron chi connectivity index (χ4n) is 3.37. The number of carbonyl (C=O) groups excluding carboxylic acids is 1. The highest BCUT2D eigenvalue weighted by atomic mass is 16.5. The first-order valence-corrected chi connectivity index (χ1v) is 9.10. The first kappa shape index (κ1) is 17.6. The molecular weight excluding hydrogens is 344 g/mol. The third-order valence-corrected chi connectivity index (χ3v) is 4.70. The first-order valence-electron chi connectivity index (χ1n) is 9.10. The Balaban J connectivity index is 1.43. The molecule has 8 nitrogen and oxygen atoms in total. The van der Waals surface area contributed by atoms with E-state index in [-0.39, 0.29) is 11.9 Å². The van der Waals surface area contributed by atoms with Gasteiger partial charge < -0.3 is 10.1 Å². The van der Waals surface area contributed by atoms with E-state index in [0.29, 0.717) is 26.3 Å². The van der Waals surface area contributed by atoms with Crippen LogP contribution >= 0.6 is 0 Å². The lowest BCUT2D eigenvalue weighted by molar-refractivity contribution is -0.128. The molecule has 140 valence electrons. The number of nitrogens with one attached hydrogen (secondary N) is 1. The van der Waals surface area contributed by atoms with E-state index in [4.69, 9.17) is 4.74 Å². The Kier molecular flexibility index (Phi) is 5.36. The van der Waals surface area contributed by atoms with Gasteiger partial charge in [0.05, 0.1) is 25.3 Å². The molecule has 8 heteroatoms. The lowest BCUT2D eigenvalue weighted by Crippen LogP contribution is -2.46. The van der Waals surface area contributed by atoms with Crippen LogP contribution in [0.1, 0.15) is 11.6 Å². The fourth-order valence-corrected chi connectivity index (χ4v) is 3.37. The number of aromatic nitrogens is 4. The maximum atomic E-state index is 13.0. The van der Waals surface area contributed by atoms with Gasteiger partial charge in [-0.2, -0.15) is 0 Å². The van der Waals surface area contributed by atoms with Crippen molar-refractivity contribution in [2.24, 2.45) is 0 Å².